The molecule has 1 aromatic carbocycles. The van der Waals surface area contributed by atoms with Crippen molar-refractivity contribution in [3.63, 3.8) is 0 Å². The molecule has 2 aromatic rings. The summed E-state index contributed by atoms with van der Waals surface area (Å²) in [5, 5.41) is 3.60. The van der Waals surface area contributed by atoms with Crippen molar-refractivity contribution >= 4 is 27.0 Å². The number of sulfonamides is 1. The number of hydrogen-bond donors (Lipinski definition) is 1. The minimum absolute atomic E-state index is 0.300. The summed E-state index contributed by atoms with van der Waals surface area (Å²) in [4.78, 5) is 0.300. The molecule has 0 bridgehead atoms. The number of aryl methyl sites for hydroxylation is 1. The number of rotatable bonds is 5. The molecule has 0 saturated heterocycles. The van der Waals surface area contributed by atoms with E-state index >= 15 is 0 Å². The first-order chi connectivity index (χ1) is 8.62. The zero-order valence-corrected chi connectivity index (χ0v) is 11.7. The fourth-order valence-electron chi connectivity index (χ4n) is 1.66. The Morgan fingerprint density at radius 2 is 1.89 bits per heavy atom. The van der Waals surface area contributed by atoms with Gasteiger partial charge in [0.25, 0.3) is 10.0 Å². The highest BCUT2D eigenvalue weighted by Crippen LogP contribution is 2.18. The summed E-state index contributed by atoms with van der Waals surface area (Å²) >= 11 is 1.46. The van der Waals surface area contributed by atoms with Gasteiger partial charge in [-0.2, -0.15) is 11.3 Å². The zero-order chi connectivity index (χ0) is 13.0. The van der Waals surface area contributed by atoms with Crippen molar-refractivity contribution in [1.82, 2.24) is 0 Å². The first-order valence-electron chi connectivity index (χ1n) is 5.76. The number of anilines is 1. The third-order valence-electron chi connectivity index (χ3n) is 2.55. The number of nitrogens with one attached hydrogen (secondary N) is 1. The van der Waals surface area contributed by atoms with E-state index in [9.17, 15) is 8.42 Å². The number of thiophene rings is 1. The molecule has 1 aromatic heterocycles. The largest absolute Gasteiger partial charge is 0.279 e. The Labute approximate surface area is 112 Å². The van der Waals surface area contributed by atoms with Crippen LogP contribution in [0.5, 0.6) is 0 Å². The van der Waals surface area contributed by atoms with Gasteiger partial charge in [-0.15, -0.1) is 0 Å². The lowest BCUT2D eigenvalue weighted by atomic mass is 10.1. The Balaban J connectivity index is 2.19. The molecule has 0 saturated carbocycles. The summed E-state index contributed by atoms with van der Waals surface area (Å²) in [5.41, 5.74) is 1.77. The molecule has 0 aliphatic heterocycles. The summed E-state index contributed by atoms with van der Waals surface area (Å²) in [6.07, 6.45) is 2.03. The van der Waals surface area contributed by atoms with Crippen LogP contribution >= 0.6 is 11.3 Å². The molecule has 3 nitrogen and oxygen atoms in total. The van der Waals surface area contributed by atoms with E-state index in [-0.39, 0.29) is 0 Å². The molecule has 0 aliphatic rings. The van der Waals surface area contributed by atoms with Crippen LogP contribution in [0.15, 0.2) is 46.0 Å². The van der Waals surface area contributed by atoms with Crippen LogP contribution in [-0.2, 0) is 16.4 Å². The second-order valence-corrected chi connectivity index (χ2v) is 6.47. The van der Waals surface area contributed by atoms with Crippen molar-refractivity contribution in [1.29, 1.82) is 0 Å². The third kappa shape index (κ3) is 3.11. The van der Waals surface area contributed by atoms with Crippen molar-refractivity contribution in [2.45, 2.75) is 24.7 Å². The molecular formula is C13H15NO2S2. The Kier molecular flexibility index (Phi) is 4.04. The zero-order valence-electron chi connectivity index (χ0n) is 10.1. The topological polar surface area (TPSA) is 46.2 Å². The first kappa shape index (κ1) is 13.1. The minimum Gasteiger partial charge on any atom is -0.279 e. The molecule has 0 radical (unpaired) electrons. The molecule has 18 heavy (non-hydrogen) atoms. The van der Waals surface area contributed by atoms with E-state index < -0.39 is 10.0 Å². The van der Waals surface area contributed by atoms with Crippen LogP contribution in [0.1, 0.15) is 18.9 Å². The maximum atomic E-state index is 12.1. The van der Waals surface area contributed by atoms with Gasteiger partial charge in [0.2, 0.25) is 0 Å². The van der Waals surface area contributed by atoms with Crippen LogP contribution in [0, 0.1) is 0 Å². The molecule has 96 valence electrons. The first-order valence-corrected chi connectivity index (χ1v) is 8.18. The Morgan fingerprint density at radius 1 is 1.17 bits per heavy atom. The van der Waals surface area contributed by atoms with Gasteiger partial charge in [-0.3, -0.25) is 4.72 Å². The van der Waals surface area contributed by atoms with Gasteiger partial charge in [-0.25, -0.2) is 8.42 Å². The highest BCUT2D eigenvalue weighted by molar-refractivity contribution is 7.92. The highest BCUT2D eigenvalue weighted by Gasteiger charge is 2.13. The Morgan fingerprint density at radius 3 is 2.44 bits per heavy atom. The molecule has 0 fully saturated rings. The smallest absolute Gasteiger partial charge is 0.261 e. The molecule has 0 amide bonds. The lowest BCUT2D eigenvalue weighted by Crippen LogP contribution is -2.12. The van der Waals surface area contributed by atoms with Crippen LogP contribution in [0.2, 0.25) is 0 Å². The second kappa shape index (κ2) is 5.54. The van der Waals surface area contributed by atoms with Gasteiger partial charge < -0.3 is 0 Å². The Bertz CT molecular complexity index is 586. The number of benzene rings is 1. The van der Waals surface area contributed by atoms with Crippen LogP contribution < -0.4 is 4.72 Å². The van der Waals surface area contributed by atoms with Gasteiger partial charge in [0.05, 0.1) is 10.6 Å². The second-order valence-electron chi connectivity index (χ2n) is 4.01. The molecular weight excluding hydrogens is 266 g/mol. The Hall–Kier alpha value is -1.33. The van der Waals surface area contributed by atoms with Gasteiger partial charge in [0.1, 0.15) is 0 Å². The fraction of sp³-hybridized carbons (Fsp3) is 0.231. The fourth-order valence-corrected chi connectivity index (χ4v) is 3.37. The van der Waals surface area contributed by atoms with Gasteiger partial charge in [-0.05, 0) is 35.6 Å². The summed E-state index contributed by atoms with van der Waals surface area (Å²) in [5.74, 6) is 0. The lowest BCUT2D eigenvalue weighted by Gasteiger charge is -2.07. The van der Waals surface area contributed by atoms with Crippen molar-refractivity contribution in [2.24, 2.45) is 0 Å². The predicted molar refractivity (Wildman–Crippen MR) is 75.6 cm³/mol. The van der Waals surface area contributed by atoms with Crippen molar-refractivity contribution in [2.75, 3.05) is 4.72 Å². The lowest BCUT2D eigenvalue weighted by molar-refractivity contribution is 0.601. The maximum absolute atomic E-state index is 12.1. The standard InChI is InChI=1S/C13H15NO2S2/c1-2-3-11-4-6-13(7-5-11)18(15,16)14-12-8-9-17-10-12/h4-10,14H,2-3H2,1H3. The van der Waals surface area contributed by atoms with E-state index in [1.165, 1.54) is 11.3 Å². The maximum Gasteiger partial charge on any atom is 0.261 e. The minimum atomic E-state index is -3.46. The molecule has 2 rings (SSSR count). The summed E-state index contributed by atoms with van der Waals surface area (Å²) < 4.78 is 26.7. The molecule has 5 heteroatoms. The number of hydrogen-bond acceptors (Lipinski definition) is 3. The summed E-state index contributed by atoms with van der Waals surface area (Å²) in [6, 6.07) is 8.78. The van der Waals surface area contributed by atoms with Crippen LogP contribution in [-0.4, -0.2) is 8.42 Å². The monoisotopic (exact) mass is 281 g/mol. The van der Waals surface area contributed by atoms with Crippen molar-refractivity contribution < 1.29 is 8.42 Å². The van der Waals surface area contributed by atoms with Crippen LogP contribution in [0.25, 0.3) is 0 Å². The van der Waals surface area contributed by atoms with Crippen LogP contribution in [0.3, 0.4) is 0 Å². The van der Waals surface area contributed by atoms with E-state index in [4.69, 9.17) is 0 Å². The highest BCUT2D eigenvalue weighted by atomic mass is 32.2. The molecule has 0 spiro atoms. The average Bonchev–Trinajstić information content (AvgIpc) is 2.82. The third-order valence-corrected chi connectivity index (χ3v) is 4.63. The van der Waals surface area contributed by atoms with Gasteiger partial charge >= 0.3 is 0 Å². The molecule has 1 N–H and O–H groups in total. The van der Waals surface area contributed by atoms with Crippen molar-refractivity contribution in [3.05, 3.63) is 46.7 Å². The van der Waals surface area contributed by atoms with Crippen LogP contribution in [0.4, 0.5) is 5.69 Å². The quantitative estimate of drug-likeness (QED) is 0.911. The molecule has 0 atom stereocenters. The van der Waals surface area contributed by atoms with E-state index in [2.05, 4.69) is 11.6 Å². The van der Waals surface area contributed by atoms with E-state index in [1.54, 1.807) is 23.6 Å². The summed E-state index contributed by atoms with van der Waals surface area (Å²) in [6.45, 7) is 2.10. The molecule has 1 heterocycles. The SMILES string of the molecule is CCCc1ccc(S(=O)(=O)Nc2ccsc2)cc1. The van der Waals surface area contributed by atoms with E-state index in [0.29, 0.717) is 10.6 Å². The van der Waals surface area contributed by atoms with Gasteiger partial charge in [-0.1, -0.05) is 25.5 Å². The predicted octanol–water partition coefficient (Wildman–Crippen LogP) is 3.50. The van der Waals surface area contributed by atoms with Gasteiger partial charge in [0, 0.05) is 5.38 Å². The summed E-state index contributed by atoms with van der Waals surface area (Å²) in [7, 11) is -3.46. The van der Waals surface area contributed by atoms with E-state index in [0.717, 1.165) is 18.4 Å². The van der Waals surface area contributed by atoms with Crippen molar-refractivity contribution in [3.8, 4) is 0 Å². The molecule has 0 aliphatic carbocycles. The van der Waals surface area contributed by atoms with E-state index in [1.807, 2.05) is 17.5 Å². The molecule has 0 unspecified atom stereocenters. The average molecular weight is 281 g/mol. The van der Waals surface area contributed by atoms with Gasteiger partial charge in [0.15, 0.2) is 0 Å². The normalized spacial score (nSPS) is 11.4.